The third kappa shape index (κ3) is 2.58. The largest absolute Gasteiger partial charge is 0.394 e. The second-order valence-electron chi connectivity index (χ2n) is 4.28. The molecule has 1 atom stereocenters. The molecule has 2 heterocycles. The number of aliphatic hydroxyl groups is 1. The number of nitrogens with one attached hydrogen (secondary N) is 1. The highest BCUT2D eigenvalue weighted by atomic mass is 79.9. The van der Waals surface area contributed by atoms with Crippen LogP contribution in [0.5, 0.6) is 0 Å². The van der Waals surface area contributed by atoms with Crippen molar-refractivity contribution in [2.24, 2.45) is 0 Å². The number of hydrogen-bond acceptors (Lipinski definition) is 4. The van der Waals surface area contributed by atoms with Crippen LogP contribution in [-0.2, 0) is 0 Å². The summed E-state index contributed by atoms with van der Waals surface area (Å²) in [5.74, 6) is 0.529. The van der Waals surface area contributed by atoms with Gasteiger partial charge in [-0.2, -0.15) is 4.98 Å². The van der Waals surface area contributed by atoms with E-state index in [2.05, 4.69) is 31.3 Å². The second-order valence-corrected chi connectivity index (χ2v) is 5.20. The van der Waals surface area contributed by atoms with Gasteiger partial charge in [-0.05, 0) is 41.4 Å². The van der Waals surface area contributed by atoms with Crippen molar-refractivity contribution in [3.05, 3.63) is 22.8 Å². The molecule has 2 aromatic rings. The predicted molar refractivity (Wildman–Crippen MR) is 70.1 cm³/mol. The van der Waals surface area contributed by atoms with Crippen LogP contribution in [0.3, 0.4) is 0 Å². The van der Waals surface area contributed by atoms with Gasteiger partial charge in [0.1, 0.15) is 0 Å². The summed E-state index contributed by atoms with van der Waals surface area (Å²) in [5.41, 5.74) is 0.384. The standard InChI is InChI=1S/C11H15BrN4O/c1-3-11(2,7-17)14-10-13-9-5-4-8(12)6-16(9)15-10/h4-6,17H,3,7H2,1-2H3,(H,14,15). The van der Waals surface area contributed by atoms with Crippen LogP contribution in [0.25, 0.3) is 5.65 Å². The zero-order valence-electron chi connectivity index (χ0n) is 9.81. The third-order valence-electron chi connectivity index (χ3n) is 2.84. The van der Waals surface area contributed by atoms with Crippen molar-refractivity contribution in [2.75, 3.05) is 11.9 Å². The Balaban J connectivity index is 2.31. The number of pyridine rings is 1. The number of fused-ring (bicyclic) bond motifs is 1. The summed E-state index contributed by atoms with van der Waals surface area (Å²) < 4.78 is 2.64. The number of rotatable bonds is 4. The molecule has 0 aliphatic rings. The Bertz CT molecular complexity index is 521. The number of nitrogens with zero attached hydrogens (tertiary/aromatic N) is 3. The lowest BCUT2D eigenvalue weighted by Crippen LogP contribution is -2.38. The summed E-state index contributed by atoms with van der Waals surface area (Å²) in [5, 5.41) is 16.8. The van der Waals surface area contributed by atoms with Gasteiger partial charge in [0.05, 0.1) is 12.1 Å². The molecule has 0 saturated carbocycles. The summed E-state index contributed by atoms with van der Waals surface area (Å²) in [6.45, 7) is 3.99. The van der Waals surface area contributed by atoms with E-state index in [9.17, 15) is 5.11 Å². The molecule has 2 aromatic heterocycles. The summed E-state index contributed by atoms with van der Waals surface area (Å²) >= 11 is 3.38. The molecule has 0 fully saturated rings. The zero-order valence-corrected chi connectivity index (χ0v) is 11.4. The van der Waals surface area contributed by atoms with Crippen molar-refractivity contribution in [1.82, 2.24) is 14.6 Å². The van der Waals surface area contributed by atoms with E-state index >= 15 is 0 Å². The van der Waals surface area contributed by atoms with Gasteiger partial charge in [-0.3, -0.25) is 0 Å². The fraction of sp³-hybridized carbons (Fsp3) is 0.455. The molecule has 5 nitrogen and oxygen atoms in total. The van der Waals surface area contributed by atoms with Gasteiger partial charge < -0.3 is 10.4 Å². The topological polar surface area (TPSA) is 62.5 Å². The first kappa shape index (κ1) is 12.3. The van der Waals surface area contributed by atoms with Crippen LogP contribution in [0.4, 0.5) is 5.95 Å². The molecule has 0 bridgehead atoms. The smallest absolute Gasteiger partial charge is 0.243 e. The van der Waals surface area contributed by atoms with Gasteiger partial charge >= 0.3 is 0 Å². The van der Waals surface area contributed by atoms with E-state index in [1.54, 1.807) is 4.52 Å². The first-order valence-corrected chi connectivity index (χ1v) is 6.26. The monoisotopic (exact) mass is 298 g/mol. The van der Waals surface area contributed by atoms with Gasteiger partial charge in [-0.1, -0.05) is 6.92 Å². The third-order valence-corrected chi connectivity index (χ3v) is 3.31. The molecule has 1 unspecified atom stereocenters. The molecule has 0 amide bonds. The Morgan fingerprint density at radius 3 is 2.94 bits per heavy atom. The second kappa shape index (κ2) is 4.62. The van der Waals surface area contributed by atoms with Crippen LogP contribution in [-0.4, -0.2) is 31.9 Å². The van der Waals surface area contributed by atoms with E-state index in [4.69, 9.17) is 0 Å². The van der Waals surface area contributed by atoms with E-state index < -0.39 is 0 Å². The summed E-state index contributed by atoms with van der Waals surface area (Å²) in [6.07, 6.45) is 2.64. The fourth-order valence-corrected chi connectivity index (χ4v) is 1.75. The maximum atomic E-state index is 9.33. The van der Waals surface area contributed by atoms with Crippen LogP contribution in [0.2, 0.25) is 0 Å². The Labute approximate surface area is 108 Å². The molecule has 0 aliphatic carbocycles. The Morgan fingerprint density at radius 1 is 1.53 bits per heavy atom. The van der Waals surface area contributed by atoms with Crippen molar-refractivity contribution in [3.63, 3.8) is 0 Å². The number of anilines is 1. The quantitative estimate of drug-likeness (QED) is 0.907. The molecule has 0 spiro atoms. The molecule has 17 heavy (non-hydrogen) atoms. The highest BCUT2D eigenvalue weighted by Crippen LogP contribution is 2.17. The number of aromatic nitrogens is 3. The number of halogens is 1. The average Bonchev–Trinajstić information content (AvgIpc) is 2.70. The lowest BCUT2D eigenvalue weighted by molar-refractivity contribution is 0.218. The first-order chi connectivity index (χ1) is 8.06. The molecule has 2 N–H and O–H groups in total. The van der Waals surface area contributed by atoms with Gasteiger partial charge in [0.2, 0.25) is 5.95 Å². The molecule has 2 rings (SSSR count). The SMILES string of the molecule is CCC(C)(CO)Nc1nc2ccc(Br)cn2n1. The molecule has 0 aromatic carbocycles. The normalized spacial score (nSPS) is 14.8. The van der Waals surface area contributed by atoms with Crippen molar-refractivity contribution in [1.29, 1.82) is 0 Å². The Hall–Kier alpha value is -1.14. The molecule has 6 heteroatoms. The molecule has 92 valence electrons. The van der Waals surface area contributed by atoms with E-state index in [1.807, 2.05) is 32.2 Å². The van der Waals surface area contributed by atoms with Crippen molar-refractivity contribution >= 4 is 27.5 Å². The first-order valence-electron chi connectivity index (χ1n) is 5.47. The van der Waals surface area contributed by atoms with Crippen LogP contribution < -0.4 is 5.32 Å². The minimum absolute atomic E-state index is 0.0444. The van der Waals surface area contributed by atoms with Gasteiger partial charge in [-0.15, -0.1) is 5.10 Å². The zero-order chi connectivity index (χ0) is 12.5. The van der Waals surface area contributed by atoms with Gasteiger partial charge in [0.25, 0.3) is 0 Å². The lowest BCUT2D eigenvalue weighted by atomic mass is 10.0. The summed E-state index contributed by atoms with van der Waals surface area (Å²) in [7, 11) is 0. The van der Waals surface area contributed by atoms with Crippen molar-refractivity contribution < 1.29 is 5.11 Å². The molecular weight excluding hydrogens is 284 g/mol. The molecule has 0 radical (unpaired) electrons. The maximum Gasteiger partial charge on any atom is 0.243 e. The summed E-state index contributed by atoms with van der Waals surface area (Å²) in [4.78, 5) is 4.34. The minimum atomic E-state index is -0.387. The van der Waals surface area contributed by atoms with Gasteiger partial charge in [0.15, 0.2) is 5.65 Å². The number of aliphatic hydroxyl groups excluding tert-OH is 1. The molecular formula is C11H15BrN4O. The average molecular weight is 299 g/mol. The van der Waals surface area contributed by atoms with Gasteiger partial charge in [0, 0.05) is 10.7 Å². The van der Waals surface area contributed by atoms with Crippen LogP contribution >= 0.6 is 15.9 Å². The van der Waals surface area contributed by atoms with Crippen LogP contribution in [0, 0.1) is 0 Å². The van der Waals surface area contributed by atoms with E-state index in [0.717, 1.165) is 16.5 Å². The summed E-state index contributed by atoms with van der Waals surface area (Å²) in [6, 6.07) is 3.79. The highest BCUT2D eigenvalue weighted by Gasteiger charge is 2.22. The lowest BCUT2D eigenvalue weighted by Gasteiger charge is -2.26. The van der Waals surface area contributed by atoms with E-state index in [0.29, 0.717) is 5.95 Å². The van der Waals surface area contributed by atoms with E-state index in [1.165, 1.54) is 0 Å². The number of hydrogen-bond donors (Lipinski definition) is 2. The van der Waals surface area contributed by atoms with Crippen LogP contribution in [0.15, 0.2) is 22.8 Å². The fourth-order valence-electron chi connectivity index (χ4n) is 1.42. The maximum absolute atomic E-state index is 9.33. The van der Waals surface area contributed by atoms with E-state index in [-0.39, 0.29) is 12.1 Å². The predicted octanol–water partition coefficient (Wildman–Crippen LogP) is 2.06. The van der Waals surface area contributed by atoms with Crippen molar-refractivity contribution in [3.8, 4) is 0 Å². The Kier molecular flexibility index (Phi) is 3.35. The van der Waals surface area contributed by atoms with Crippen molar-refractivity contribution in [2.45, 2.75) is 25.8 Å². The molecule has 0 aliphatic heterocycles. The van der Waals surface area contributed by atoms with Crippen LogP contribution in [0.1, 0.15) is 20.3 Å². The highest BCUT2D eigenvalue weighted by molar-refractivity contribution is 9.10. The minimum Gasteiger partial charge on any atom is -0.394 e. The van der Waals surface area contributed by atoms with Gasteiger partial charge in [-0.25, -0.2) is 4.52 Å². The molecule has 0 saturated heterocycles. The Morgan fingerprint density at radius 2 is 2.29 bits per heavy atom.